The van der Waals surface area contributed by atoms with Crippen LogP contribution in [0.1, 0.15) is 51.4 Å². The Bertz CT molecular complexity index is 135. The van der Waals surface area contributed by atoms with E-state index in [9.17, 15) is 0 Å². The largest absolute Gasteiger partial charge is 0.327 e. The summed E-state index contributed by atoms with van der Waals surface area (Å²) in [5.41, 5.74) is 0. The molecule has 2 aliphatic carbocycles. The van der Waals surface area contributed by atoms with Crippen molar-refractivity contribution in [1.82, 2.24) is 0 Å². The van der Waals surface area contributed by atoms with Crippen molar-refractivity contribution in [3.05, 3.63) is 0 Å². The second-order valence-corrected chi connectivity index (χ2v) is 4.86. The van der Waals surface area contributed by atoms with Crippen molar-refractivity contribution in [3.8, 4) is 0 Å². The zero-order valence-electron chi connectivity index (χ0n) is 9.08. The molecule has 3 heteroatoms. The van der Waals surface area contributed by atoms with Crippen LogP contribution in [0.4, 0.5) is 0 Å². The Balaban J connectivity index is 0.000000213. The minimum atomic E-state index is -0.252. The maximum absolute atomic E-state index is 9.05. The number of hydrogen-bond donors (Lipinski definition) is 0. The molecule has 0 aromatic rings. The maximum atomic E-state index is 9.05. The zero-order chi connectivity index (χ0) is 10.2. The van der Waals surface area contributed by atoms with Gasteiger partial charge in [0.05, 0.1) is 0 Å². The summed E-state index contributed by atoms with van der Waals surface area (Å²) in [4.78, 5) is 0. The lowest BCUT2D eigenvalue weighted by Crippen LogP contribution is -2.06. The molecule has 0 aromatic carbocycles. The standard InChI is InChI=1S/C10H18.CH3O2P/c1-2-6-9(5-1)10-7-3-4-8-10;1-3-4-2/h9-10H,1-8H2;1H3. The molecule has 0 aromatic heterocycles. The van der Waals surface area contributed by atoms with Gasteiger partial charge in [-0.1, -0.05) is 51.4 Å². The summed E-state index contributed by atoms with van der Waals surface area (Å²) in [6.07, 6.45) is 12.4. The summed E-state index contributed by atoms with van der Waals surface area (Å²) >= 11 is 0. The quantitative estimate of drug-likeness (QED) is 0.646. The highest BCUT2D eigenvalue weighted by atomic mass is 31.1. The maximum Gasteiger partial charge on any atom is 0.327 e. The fraction of sp³-hybridized carbons (Fsp3) is 1.00. The van der Waals surface area contributed by atoms with Crippen molar-refractivity contribution in [3.63, 3.8) is 0 Å². The van der Waals surface area contributed by atoms with Gasteiger partial charge < -0.3 is 0 Å². The molecule has 2 saturated carbocycles. The summed E-state index contributed by atoms with van der Waals surface area (Å²) in [7, 11) is 1.10. The van der Waals surface area contributed by atoms with Gasteiger partial charge in [-0.25, -0.2) is 4.57 Å². The third-order valence-electron chi connectivity index (χ3n) is 3.54. The number of rotatable bonds is 2. The van der Waals surface area contributed by atoms with Crippen molar-refractivity contribution in [2.75, 3.05) is 7.11 Å². The van der Waals surface area contributed by atoms with Crippen molar-refractivity contribution >= 4 is 8.69 Å². The van der Waals surface area contributed by atoms with Crippen molar-refractivity contribution in [1.29, 1.82) is 0 Å². The molecule has 0 spiro atoms. The van der Waals surface area contributed by atoms with E-state index < -0.39 is 0 Å². The first-order valence-electron chi connectivity index (χ1n) is 5.74. The number of hydrogen-bond acceptors (Lipinski definition) is 2. The molecule has 2 fully saturated rings. The lowest BCUT2D eigenvalue weighted by atomic mass is 9.90. The zero-order valence-corrected chi connectivity index (χ0v) is 9.97. The first-order chi connectivity index (χ1) is 6.88. The van der Waals surface area contributed by atoms with E-state index in [2.05, 4.69) is 4.52 Å². The van der Waals surface area contributed by atoms with E-state index in [1.807, 2.05) is 0 Å². The minimum Gasteiger partial charge on any atom is -0.298 e. The predicted molar refractivity (Wildman–Crippen MR) is 58.5 cm³/mol. The molecule has 0 amide bonds. The van der Waals surface area contributed by atoms with Crippen LogP contribution >= 0.6 is 8.69 Å². The van der Waals surface area contributed by atoms with Crippen LogP contribution in [0.15, 0.2) is 0 Å². The monoisotopic (exact) mass is 216 g/mol. The molecular formula is C11H21O2P. The van der Waals surface area contributed by atoms with Crippen LogP contribution in [-0.2, 0) is 9.09 Å². The molecule has 0 bridgehead atoms. The molecular weight excluding hydrogens is 195 g/mol. The van der Waals surface area contributed by atoms with Gasteiger partial charge in [-0.05, 0) is 11.8 Å². The summed E-state index contributed by atoms with van der Waals surface area (Å²) in [6, 6.07) is 0. The highest BCUT2D eigenvalue weighted by Crippen LogP contribution is 2.39. The fourth-order valence-corrected chi connectivity index (χ4v) is 2.86. The van der Waals surface area contributed by atoms with E-state index in [1.54, 1.807) is 25.7 Å². The van der Waals surface area contributed by atoms with Crippen molar-refractivity contribution in [2.24, 2.45) is 11.8 Å². The first kappa shape index (κ1) is 12.1. The van der Waals surface area contributed by atoms with Gasteiger partial charge in [-0.3, -0.25) is 4.52 Å². The highest BCUT2D eigenvalue weighted by Gasteiger charge is 2.26. The Morgan fingerprint density at radius 2 is 1.21 bits per heavy atom. The molecule has 0 unspecified atom stereocenters. The third-order valence-corrected chi connectivity index (χ3v) is 3.69. The average Bonchev–Trinajstić information content (AvgIpc) is 2.89. The van der Waals surface area contributed by atoms with Crippen LogP contribution in [0.2, 0.25) is 0 Å². The molecule has 82 valence electrons. The molecule has 0 N–H and O–H groups in total. The topological polar surface area (TPSA) is 26.3 Å². The summed E-state index contributed by atoms with van der Waals surface area (Å²) in [5.74, 6) is 2.31. The van der Waals surface area contributed by atoms with Gasteiger partial charge in [-0.15, -0.1) is 0 Å². The van der Waals surface area contributed by atoms with E-state index in [0.717, 1.165) is 11.8 Å². The van der Waals surface area contributed by atoms with Crippen LogP contribution in [0.5, 0.6) is 0 Å². The van der Waals surface area contributed by atoms with Gasteiger partial charge in [0, 0.05) is 7.11 Å². The van der Waals surface area contributed by atoms with Gasteiger partial charge in [-0.2, -0.15) is 0 Å². The first-order valence-corrected chi connectivity index (χ1v) is 6.47. The smallest absolute Gasteiger partial charge is 0.298 e. The van der Waals surface area contributed by atoms with Crippen molar-refractivity contribution in [2.45, 2.75) is 51.4 Å². The lowest BCUT2D eigenvalue weighted by Gasteiger charge is -2.16. The molecule has 2 aliphatic rings. The Morgan fingerprint density at radius 1 is 0.929 bits per heavy atom. The SMILES string of the molecule is C1CCC(C2CCCC2)C1.COP=O. The minimum absolute atomic E-state index is 0.252. The van der Waals surface area contributed by atoms with Gasteiger partial charge in [0.2, 0.25) is 0 Å². The second-order valence-electron chi connectivity index (χ2n) is 4.35. The second kappa shape index (κ2) is 7.36. The summed E-state index contributed by atoms with van der Waals surface area (Å²) < 4.78 is 13.0. The lowest BCUT2D eigenvalue weighted by molar-refractivity contribution is 0.347. The van der Waals surface area contributed by atoms with E-state index in [-0.39, 0.29) is 8.69 Å². The van der Waals surface area contributed by atoms with Crippen LogP contribution in [0.3, 0.4) is 0 Å². The van der Waals surface area contributed by atoms with Gasteiger partial charge >= 0.3 is 8.69 Å². The van der Waals surface area contributed by atoms with Gasteiger partial charge in [0.15, 0.2) is 0 Å². The highest BCUT2D eigenvalue weighted by molar-refractivity contribution is 7.17. The normalized spacial score (nSPS) is 23.8. The Morgan fingerprint density at radius 3 is 1.43 bits per heavy atom. The van der Waals surface area contributed by atoms with E-state index >= 15 is 0 Å². The summed E-state index contributed by atoms with van der Waals surface area (Å²) in [6.45, 7) is 0. The molecule has 0 saturated heterocycles. The summed E-state index contributed by atoms with van der Waals surface area (Å²) in [5, 5.41) is 0. The van der Waals surface area contributed by atoms with Crippen LogP contribution < -0.4 is 0 Å². The molecule has 2 rings (SSSR count). The Kier molecular flexibility index (Phi) is 6.38. The average molecular weight is 216 g/mol. The molecule has 0 aliphatic heterocycles. The van der Waals surface area contributed by atoms with Gasteiger partial charge in [0.25, 0.3) is 0 Å². The Labute approximate surface area is 88.7 Å². The van der Waals surface area contributed by atoms with E-state index in [1.165, 1.54) is 32.8 Å². The Hall–Kier alpha value is 0.0600. The molecule has 2 nitrogen and oxygen atoms in total. The third kappa shape index (κ3) is 4.06. The van der Waals surface area contributed by atoms with Crippen LogP contribution in [-0.4, -0.2) is 7.11 Å². The van der Waals surface area contributed by atoms with E-state index in [0.29, 0.717) is 0 Å². The molecule has 0 radical (unpaired) electrons. The predicted octanol–water partition coefficient (Wildman–Crippen LogP) is 4.21. The van der Waals surface area contributed by atoms with Crippen LogP contribution in [0, 0.1) is 11.8 Å². The van der Waals surface area contributed by atoms with Crippen LogP contribution in [0.25, 0.3) is 0 Å². The molecule has 0 atom stereocenters. The van der Waals surface area contributed by atoms with Crippen molar-refractivity contribution < 1.29 is 9.09 Å². The van der Waals surface area contributed by atoms with E-state index in [4.69, 9.17) is 4.57 Å². The van der Waals surface area contributed by atoms with Gasteiger partial charge in [0.1, 0.15) is 0 Å². The molecule has 0 heterocycles. The molecule has 14 heavy (non-hydrogen) atoms. The fourth-order valence-electron chi connectivity index (χ4n) is 2.86.